The Morgan fingerprint density at radius 2 is 2.00 bits per heavy atom. The topological polar surface area (TPSA) is 41.9 Å². The maximum Gasteiger partial charge on any atom is 0.126 e. The maximum absolute atomic E-state index is 9.73. The van der Waals surface area contributed by atoms with Crippen LogP contribution in [0.1, 0.15) is 48.5 Å². The van der Waals surface area contributed by atoms with E-state index in [1.54, 1.807) is 6.07 Å². The molecule has 2 atom stereocenters. The Balaban J connectivity index is 1.36. The molecule has 3 aliphatic heterocycles. The Kier molecular flexibility index (Phi) is 4.56. The van der Waals surface area contributed by atoms with Gasteiger partial charge in [0.25, 0.3) is 0 Å². The second-order valence-corrected chi connectivity index (χ2v) is 8.69. The van der Waals surface area contributed by atoms with Crippen LogP contribution >= 0.6 is 0 Å². The van der Waals surface area contributed by atoms with E-state index in [1.807, 2.05) is 12.1 Å². The number of ether oxygens (including phenoxy) is 2. The van der Waals surface area contributed by atoms with Crippen LogP contribution in [0.3, 0.4) is 0 Å². The molecule has 5 rings (SSSR count). The highest BCUT2D eigenvalue weighted by atomic mass is 16.5. The highest BCUT2D eigenvalue weighted by Crippen LogP contribution is 2.53. The molecule has 3 aliphatic rings. The highest BCUT2D eigenvalue weighted by molar-refractivity contribution is 5.42. The number of phenols is 1. The lowest BCUT2D eigenvalue weighted by Gasteiger charge is -2.53. The quantitative estimate of drug-likeness (QED) is 0.828. The number of piperidine rings is 1. The zero-order valence-corrected chi connectivity index (χ0v) is 16.6. The summed E-state index contributed by atoms with van der Waals surface area (Å²) in [6, 6.07) is 14.2. The Morgan fingerprint density at radius 1 is 1.14 bits per heavy atom. The fourth-order valence-corrected chi connectivity index (χ4v) is 5.36. The largest absolute Gasteiger partial charge is 0.508 e. The van der Waals surface area contributed by atoms with E-state index in [4.69, 9.17) is 9.47 Å². The van der Waals surface area contributed by atoms with Gasteiger partial charge in [-0.2, -0.15) is 0 Å². The number of hydrogen-bond donors (Lipinski definition) is 1. The van der Waals surface area contributed by atoms with Gasteiger partial charge in [0.1, 0.15) is 17.1 Å². The van der Waals surface area contributed by atoms with Crippen molar-refractivity contribution in [1.29, 1.82) is 0 Å². The second kappa shape index (κ2) is 7.09. The second-order valence-electron chi connectivity index (χ2n) is 8.69. The minimum Gasteiger partial charge on any atom is -0.508 e. The minimum atomic E-state index is -0.110. The lowest BCUT2D eigenvalue weighted by atomic mass is 9.70. The van der Waals surface area contributed by atoms with Crippen LogP contribution in [0.5, 0.6) is 11.5 Å². The van der Waals surface area contributed by atoms with Gasteiger partial charge in [0.05, 0.1) is 6.10 Å². The van der Waals surface area contributed by atoms with E-state index in [0.717, 1.165) is 51.3 Å². The first-order chi connectivity index (χ1) is 13.6. The Bertz CT molecular complexity index is 857. The van der Waals surface area contributed by atoms with Gasteiger partial charge in [-0.05, 0) is 49.1 Å². The Hall–Kier alpha value is -2.04. The molecule has 0 amide bonds. The van der Waals surface area contributed by atoms with Gasteiger partial charge in [-0.25, -0.2) is 0 Å². The number of likely N-dealkylation sites (tertiary alicyclic amines) is 1. The standard InChI is InChI=1S/C24H29NO3/c1-17-7-8-20-22(14-17)28-24(21-6-3-13-27-23(20)21)9-11-25(12-10-24)16-18-4-2-5-19(26)15-18/h2,4-5,7-8,14-15,21,23,26H,3,6,9-13,16H2,1H3/t21-,23+/m0/s1. The predicted octanol–water partition coefficient (Wildman–Crippen LogP) is 4.60. The molecule has 2 saturated heterocycles. The molecule has 0 aromatic heterocycles. The summed E-state index contributed by atoms with van der Waals surface area (Å²) in [7, 11) is 0. The molecule has 0 bridgehead atoms. The van der Waals surface area contributed by atoms with Crippen molar-refractivity contribution in [2.45, 2.75) is 50.9 Å². The molecule has 3 heterocycles. The average molecular weight is 380 g/mol. The number of phenolic OH excluding ortho intramolecular Hbond substituents is 1. The molecule has 2 fully saturated rings. The number of hydrogen-bond acceptors (Lipinski definition) is 4. The van der Waals surface area contributed by atoms with Crippen molar-refractivity contribution < 1.29 is 14.6 Å². The SMILES string of the molecule is Cc1ccc2c(c1)OC1(CCN(Cc3cccc(O)c3)CC1)[C@H]1CCCO[C@H]21. The molecule has 4 nitrogen and oxygen atoms in total. The monoisotopic (exact) mass is 379 g/mol. The molecule has 2 aromatic rings. The summed E-state index contributed by atoms with van der Waals surface area (Å²) in [4.78, 5) is 2.48. The normalized spacial score (nSPS) is 26.3. The third-order valence-electron chi connectivity index (χ3n) is 6.81. The van der Waals surface area contributed by atoms with Crippen molar-refractivity contribution >= 4 is 0 Å². The fraction of sp³-hybridized carbons (Fsp3) is 0.500. The number of aromatic hydroxyl groups is 1. The molecule has 0 unspecified atom stereocenters. The van der Waals surface area contributed by atoms with E-state index in [-0.39, 0.29) is 11.7 Å². The van der Waals surface area contributed by atoms with Gasteiger partial charge in [-0.1, -0.05) is 24.3 Å². The fourth-order valence-electron chi connectivity index (χ4n) is 5.36. The van der Waals surface area contributed by atoms with Crippen molar-refractivity contribution in [2.24, 2.45) is 5.92 Å². The minimum absolute atomic E-state index is 0.110. The highest BCUT2D eigenvalue weighted by Gasteiger charge is 2.52. The van der Waals surface area contributed by atoms with Crippen LogP contribution in [-0.2, 0) is 11.3 Å². The number of fused-ring (bicyclic) bond motifs is 4. The zero-order valence-electron chi connectivity index (χ0n) is 16.6. The van der Waals surface area contributed by atoms with E-state index in [9.17, 15) is 5.11 Å². The van der Waals surface area contributed by atoms with Crippen molar-refractivity contribution in [3.8, 4) is 11.5 Å². The summed E-state index contributed by atoms with van der Waals surface area (Å²) in [5.41, 5.74) is 3.54. The van der Waals surface area contributed by atoms with Crippen LogP contribution in [0, 0.1) is 12.8 Å². The van der Waals surface area contributed by atoms with Gasteiger partial charge in [-0.3, -0.25) is 4.90 Å². The molecule has 28 heavy (non-hydrogen) atoms. The molecular weight excluding hydrogens is 350 g/mol. The average Bonchev–Trinajstić information content (AvgIpc) is 2.70. The Morgan fingerprint density at radius 3 is 2.82 bits per heavy atom. The van der Waals surface area contributed by atoms with E-state index in [0.29, 0.717) is 11.7 Å². The molecule has 0 aliphatic carbocycles. The summed E-state index contributed by atoms with van der Waals surface area (Å²) in [6.07, 6.45) is 4.55. The van der Waals surface area contributed by atoms with Crippen LogP contribution in [0.4, 0.5) is 0 Å². The van der Waals surface area contributed by atoms with Gasteiger partial charge < -0.3 is 14.6 Å². The van der Waals surface area contributed by atoms with Crippen LogP contribution in [0.2, 0.25) is 0 Å². The number of benzene rings is 2. The lowest BCUT2D eigenvalue weighted by Crippen LogP contribution is -2.57. The first-order valence-corrected chi connectivity index (χ1v) is 10.5. The predicted molar refractivity (Wildman–Crippen MR) is 109 cm³/mol. The van der Waals surface area contributed by atoms with Crippen molar-refractivity contribution in [3.63, 3.8) is 0 Å². The van der Waals surface area contributed by atoms with E-state index >= 15 is 0 Å². The third kappa shape index (κ3) is 3.19. The smallest absolute Gasteiger partial charge is 0.126 e. The van der Waals surface area contributed by atoms with Gasteiger partial charge >= 0.3 is 0 Å². The number of rotatable bonds is 2. The molecule has 1 spiro atoms. The van der Waals surface area contributed by atoms with E-state index in [2.05, 4.69) is 36.1 Å². The zero-order chi connectivity index (χ0) is 19.1. The number of aryl methyl sites for hydroxylation is 1. The summed E-state index contributed by atoms with van der Waals surface area (Å²) >= 11 is 0. The first-order valence-electron chi connectivity index (χ1n) is 10.5. The molecule has 148 valence electrons. The van der Waals surface area contributed by atoms with Gasteiger partial charge in [0.15, 0.2) is 0 Å². The van der Waals surface area contributed by atoms with Crippen LogP contribution in [-0.4, -0.2) is 35.3 Å². The molecule has 0 radical (unpaired) electrons. The summed E-state index contributed by atoms with van der Waals surface area (Å²) in [5, 5.41) is 9.73. The number of nitrogens with zero attached hydrogens (tertiary/aromatic N) is 1. The van der Waals surface area contributed by atoms with E-state index < -0.39 is 0 Å². The first kappa shape index (κ1) is 18.0. The molecule has 2 aromatic carbocycles. The summed E-state index contributed by atoms with van der Waals surface area (Å²) in [6.45, 7) is 5.89. The molecule has 1 N–H and O–H groups in total. The molecule has 0 saturated carbocycles. The lowest BCUT2D eigenvalue weighted by molar-refractivity contribution is -0.150. The summed E-state index contributed by atoms with van der Waals surface area (Å²) < 4.78 is 13.1. The van der Waals surface area contributed by atoms with Crippen molar-refractivity contribution in [2.75, 3.05) is 19.7 Å². The summed E-state index contributed by atoms with van der Waals surface area (Å²) in [5.74, 6) is 1.82. The maximum atomic E-state index is 9.73. The Labute approximate surface area is 167 Å². The van der Waals surface area contributed by atoms with Crippen molar-refractivity contribution in [3.05, 3.63) is 59.2 Å². The molecular formula is C24H29NO3. The molecule has 4 heteroatoms. The van der Waals surface area contributed by atoms with Crippen LogP contribution in [0.25, 0.3) is 0 Å². The van der Waals surface area contributed by atoms with Crippen LogP contribution in [0.15, 0.2) is 42.5 Å². The van der Waals surface area contributed by atoms with Crippen LogP contribution < -0.4 is 4.74 Å². The van der Waals surface area contributed by atoms with Gasteiger partial charge in [-0.15, -0.1) is 0 Å². The van der Waals surface area contributed by atoms with Crippen molar-refractivity contribution in [1.82, 2.24) is 4.90 Å². The van der Waals surface area contributed by atoms with Gasteiger partial charge in [0, 0.05) is 50.6 Å². The van der Waals surface area contributed by atoms with E-state index in [1.165, 1.54) is 23.1 Å². The third-order valence-corrected chi connectivity index (χ3v) is 6.81. The van der Waals surface area contributed by atoms with Gasteiger partial charge in [0.2, 0.25) is 0 Å².